The Kier molecular flexibility index (Phi) is 5.46. The zero-order chi connectivity index (χ0) is 17.3. The van der Waals surface area contributed by atoms with Crippen LogP contribution < -0.4 is 0 Å². The average Bonchev–Trinajstić information content (AvgIpc) is 2.91. The van der Waals surface area contributed by atoms with Crippen LogP contribution in [0.4, 0.5) is 0 Å². The lowest BCUT2D eigenvalue weighted by atomic mass is 9.68. The van der Waals surface area contributed by atoms with Crippen molar-refractivity contribution in [2.75, 3.05) is 21.0 Å². The Balaban J connectivity index is 1.96. The number of fused-ring (bicyclic) bond motifs is 3. The lowest BCUT2D eigenvalue weighted by Crippen LogP contribution is -2.41. The van der Waals surface area contributed by atoms with E-state index in [9.17, 15) is 4.79 Å². The monoisotopic (exact) mass is 334 g/mol. The molecule has 0 spiro atoms. The molecule has 3 aliphatic carbocycles. The molecule has 4 heteroatoms. The summed E-state index contributed by atoms with van der Waals surface area (Å²) in [4.78, 5) is 12.6. The normalized spacial score (nSPS) is 43.8. The molecular weight excluding hydrogens is 304 g/mol. The van der Waals surface area contributed by atoms with Crippen LogP contribution in [-0.2, 0) is 19.0 Å². The predicted octanol–water partition coefficient (Wildman–Crippen LogP) is 3.44. The van der Waals surface area contributed by atoms with E-state index in [1.165, 1.54) is 26.4 Å². The van der Waals surface area contributed by atoms with E-state index in [4.69, 9.17) is 14.2 Å². The molecule has 0 saturated heterocycles. The minimum Gasteiger partial charge on any atom is -0.469 e. The fourth-order valence-electron chi connectivity index (χ4n) is 5.49. The van der Waals surface area contributed by atoms with Gasteiger partial charge in [0.05, 0.1) is 19.1 Å². The predicted molar refractivity (Wildman–Crippen MR) is 92.1 cm³/mol. The Morgan fingerprint density at radius 1 is 1.25 bits per heavy atom. The van der Waals surface area contributed by atoms with Crippen molar-refractivity contribution >= 4 is 5.97 Å². The van der Waals surface area contributed by atoms with Gasteiger partial charge in [-0.2, -0.15) is 0 Å². The van der Waals surface area contributed by atoms with E-state index in [0.29, 0.717) is 17.8 Å². The van der Waals surface area contributed by atoms with Gasteiger partial charge in [-0.15, -0.1) is 6.58 Å². The zero-order valence-corrected chi connectivity index (χ0v) is 15.0. The Morgan fingerprint density at radius 3 is 2.71 bits per heavy atom. The number of methoxy groups -OCH3 is 2. The first kappa shape index (κ1) is 17.7. The van der Waals surface area contributed by atoms with Gasteiger partial charge in [0.1, 0.15) is 6.79 Å². The maximum absolute atomic E-state index is 12.6. The first-order valence-corrected chi connectivity index (χ1v) is 9.11. The van der Waals surface area contributed by atoms with Crippen molar-refractivity contribution in [3.05, 3.63) is 24.8 Å². The summed E-state index contributed by atoms with van der Waals surface area (Å²) in [5.74, 6) is 2.06. The summed E-state index contributed by atoms with van der Waals surface area (Å²) >= 11 is 0. The number of carbonyl (C=O) groups is 1. The minimum absolute atomic E-state index is 0.0184. The van der Waals surface area contributed by atoms with Gasteiger partial charge in [0.15, 0.2) is 0 Å². The third-order valence-electron chi connectivity index (χ3n) is 6.47. The highest BCUT2D eigenvalue weighted by atomic mass is 16.7. The molecule has 0 aromatic heterocycles. The molecule has 3 rings (SSSR count). The number of ether oxygens (including phenoxy) is 3. The average molecular weight is 334 g/mol. The van der Waals surface area contributed by atoms with E-state index in [0.717, 1.165) is 5.92 Å². The lowest BCUT2D eigenvalue weighted by molar-refractivity contribution is -0.156. The van der Waals surface area contributed by atoms with E-state index in [-0.39, 0.29) is 36.6 Å². The topological polar surface area (TPSA) is 44.8 Å². The standard InChI is InChI=1S/C20H30O4/c1-5-13-7-9-14-16-10-12(2)6-8-15(16)19(24-11-22-3)18(14)17(13)20(21)23-4/h5,7,9,12-19H,1,6,8,10-11H2,2-4H3/t12-,13+,14+,15-,16+,17+,18+,19+/m1/s1. The summed E-state index contributed by atoms with van der Waals surface area (Å²) in [7, 11) is 3.13. The van der Waals surface area contributed by atoms with Gasteiger partial charge in [-0.05, 0) is 36.5 Å². The van der Waals surface area contributed by atoms with Crippen molar-refractivity contribution in [3.8, 4) is 0 Å². The number of allylic oxidation sites excluding steroid dienone is 3. The van der Waals surface area contributed by atoms with E-state index in [1.54, 1.807) is 7.11 Å². The number of hydrogen-bond acceptors (Lipinski definition) is 4. The fraction of sp³-hybridized carbons (Fsp3) is 0.750. The van der Waals surface area contributed by atoms with Crippen molar-refractivity contribution in [2.24, 2.45) is 41.4 Å². The summed E-state index contributed by atoms with van der Waals surface area (Å²) in [6.07, 6.45) is 10.0. The van der Waals surface area contributed by atoms with Crippen molar-refractivity contribution in [3.63, 3.8) is 0 Å². The summed E-state index contributed by atoms with van der Waals surface area (Å²) in [6.45, 7) is 6.55. The van der Waals surface area contributed by atoms with Crippen molar-refractivity contribution < 1.29 is 19.0 Å². The van der Waals surface area contributed by atoms with Crippen molar-refractivity contribution in [1.82, 2.24) is 0 Å². The molecular formula is C20H30O4. The molecule has 134 valence electrons. The van der Waals surface area contributed by atoms with E-state index in [2.05, 4.69) is 25.7 Å². The van der Waals surface area contributed by atoms with E-state index >= 15 is 0 Å². The highest BCUT2D eigenvalue weighted by molar-refractivity contribution is 5.74. The molecule has 0 radical (unpaired) electrons. The van der Waals surface area contributed by atoms with Crippen LogP contribution in [0.25, 0.3) is 0 Å². The Hall–Kier alpha value is -1.13. The minimum atomic E-state index is -0.203. The second-order valence-corrected chi connectivity index (χ2v) is 7.69. The molecule has 0 aromatic carbocycles. The van der Waals surface area contributed by atoms with Gasteiger partial charge in [0.2, 0.25) is 0 Å². The van der Waals surface area contributed by atoms with Crippen molar-refractivity contribution in [2.45, 2.75) is 32.3 Å². The second kappa shape index (κ2) is 7.40. The molecule has 0 bridgehead atoms. The first-order valence-electron chi connectivity index (χ1n) is 9.11. The molecule has 2 fully saturated rings. The van der Waals surface area contributed by atoms with Crippen LogP contribution in [0.2, 0.25) is 0 Å². The Labute approximate surface area is 145 Å². The van der Waals surface area contributed by atoms with Crippen molar-refractivity contribution in [1.29, 1.82) is 0 Å². The molecule has 0 aromatic rings. The third-order valence-corrected chi connectivity index (χ3v) is 6.47. The van der Waals surface area contributed by atoms with Crippen LogP contribution >= 0.6 is 0 Å². The lowest BCUT2D eigenvalue weighted by Gasteiger charge is -2.37. The molecule has 8 atom stereocenters. The van der Waals surface area contributed by atoms with Gasteiger partial charge < -0.3 is 14.2 Å². The zero-order valence-electron chi connectivity index (χ0n) is 15.0. The highest BCUT2D eigenvalue weighted by Crippen LogP contribution is 2.57. The molecule has 0 amide bonds. The summed E-state index contributed by atoms with van der Waals surface area (Å²) in [5.41, 5.74) is 0. The van der Waals surface area contributed by atoms with Crippen LogP contribution in [0, 0.1) is 41.4 Å². The van der Waals surface area contributed by atoms with Crippen LogP contribution in [0.15, 0.2) is 24.8 Å². The maximum Gasteiger partial charge on any atom is 0.309 e. The molecule has 4 nitrogen and oxygen atoms in total. The number of esters is 1. The Bertz CT molecular complexity index is 500. The SMILES string of the molecule is C=C[C@H]1C=C[C@H]2[C@@H]3C[C@H](C)CC[C@H]3[C@H](OCOC)[C@@H]2[C@H]1C(=O)OC. The molecule has 0 N–H and O–H groups in total. The number of hydrogen-bond donors (Lipinski definition) is 0. The third kappa shape index (κ3) is 2.95. The molecule has 3 aliphatic rings. The molecule has 2 saturated carbocycles. The first-order chi connectivity index (χ1) is 11.6. The summed E-state index contributed by atoms with van der Waals surface area (Å²) < 4.78 is 16.5. The van der Waals surface area contributed by atoms with Crippen LogP contribution in [-0.4, -0.2) is 33.1 Å². The van der Waals surface area contributed by atoms with Crippen LogP contribution in [0.5, 0.6) is 0 Å². The smallest absolute Gasteiger partial charge is 0.309 e. The quantitative estimate of drug-likeness (QED) is 0.439. The maximum atomic E-state index is 12.6. The largest absolute Gasteiger partial charge is 0.469 e. The Morgan fingerprint density at radius 2 is 2.04 bits per heavy atom. The van der Waals surface area contributed by atoms with Crippen LogP contribution in [0.1, 0.15) is 26.2 Å². The highest BCUT2D eigenvalue weighted by Gasteiger charge is 2.57. The summed E-state index contributed by atoms with van der Waals surface area (Å²) in [6, 6.07) is 0. The van der Waals surface area contributed by atoms with Gasteiger partial charge in [0.25, 0.3) is 0 Å². The van der Waals surface area contributed by atoms with Gasteiger partial charge in [-0.1, -0.05) is 31.6 Å². The number of rotatable bonds is 5. The van der Waals surface area contributed by atoms with Crippen LogP contribution in [0.3, 0.4) is 0 Å². The van der Waals surface area contributed by atoms with Gasteiger partial charge >= 0.3 is 5.97 Å². The van der Waals surface area contributed by atoms with Gasteiger partial charge in [-0.25, -0.2) is 0 Å². The molecule has 0 unspecified atom stereocenters. The molecule has 0 heterocycles. The number of carbonyl (C=O) groups excluding carboxylic acids is 1. The fourth-order valence-corrected chi connectivity index (χ4v) is 5.49. The van der Waals surface area contributed by atoms with Gasteiger partial charge in [0, 0.05) is 18.9 Å². The molecule has 0 aliphatic heterocycles. The van der Waals surface area contributed by atoms with Gasteiger partial charge in [-0.3, -0.25) is 4.79 Å². The summed E-state index contributed by atoms with van der Waals surface area (Å²) in [5, 5.41) is 0. The van der Waals surface area contributed by atoms with E-state index < -0.39 is 0 Å². The van der Waals surface area contributed by atoms with E-state index in [1.807, 2.05) is 6.08 Å². The second-order valence-electron chi connectivity index (χ2n) is 7.69. The molecule has 24 heavy (non-hydrogen) atoms.